The van der Waals surface area contributed by atoms with Gasteiger partial charge in [-0.05, 0) is 24.3 Å². The highest BCUT2D eigenvalue weighted by atomic mass is 19.1. The Morgan fingerprint density at radius 3 is 2.67 bits per heavy atom. The first-order chi connectivity index (χ1) is 8.47. The average molecular weight is 252 g/mol. The molecule has 0 aliphatic heterocycles. The molecule has 0 saturated heterocycles. The third kappa shape index (κ3) is 2.24. The molecule has 1 heterocycles. The van der Waals surface area contributed by atoms with E-state index >= 15 is 0 Å². The van der Waals surface area contributed by atoms with Crippen LogP contribution in [0.25, 0.3) is 11.3 Å². The number of halogens is 2. The second kappa shape index (κ2) is 4.36. The van der Waals surface area contributed by atoms with Crippen LogP contribution in [0.5, 0.6) is 0 Å². The fraction of sp³-hybridized carbons (Fsp3) is 0. The molecule has 2 rings (SSSR count). The number of H-pyrrole nitrogens is 1. The summed E-state index contributed by atoms with van der Waals surface area (Å²) in [5.41, 5.74) is -1.92. The van der Waals surface area contributed by atoms with Crippen molar-refractivity contribution in [2.45, 2.75) is 0 Å². The summed E-state index contributed by atoms with van der Waals surface area (Å²) in [5.74, 6) is -2.91. The van der Waals surface area contributed by atoms with E-state index in [0.29, 0.717) is 0 Å². The number of carboxylic acids is 1. The molecule has 18 heavy (non-hydrogen) atoms. The Hall–Kier alpha value is -2.57. The zero-order valence-corrected chi connectivity index (χ0v) is 8.78. The fourth-order valence-corrected chi connectivity index (χ4v) is 1.40. The molecule has 0 radical (unpaired) electrons. The van der Waals surface area contributed by atoms with E-state index in [1.807, 2.05) is 4.98 Å². The normalized spacial score (nSPS) is 10.3. The van der Waals surface area contributed by atoms with Gasteiger partial charge in [-0.3, -0.25) is 4.98 Å². The van der Waals surface area contributed by atoms with Gasteiger partial charge in [-0.2, -0.15) is 4.98 Å². The smallest absolute Gasteiger partial charge is 0.352 e. The lowest BCUT2D eigenvalue weighted by atomic mass is 10.1. The van der Waals surface area contributed by atoms with Crippen molar-refractivity contribution in [3.8, 4) is 11.3 Å². The SMILES string of the molecule is O=C(O)c1cc(-c2cc(F)ccc2F)nc(=O)[nH]1. The van der Waals surface area contributed by atoms with Crippen molar-refractivity contribution < 1.29 is 18.7 Å². The predicted molar refractivity (Wildman–Crippen MR) is 57.2 cm³/mol. The molecule has 1 aromatic carbocycles. The molecule has 0 saturated carbocycles. The summed E-state index contributed by atoms with van der Waals surface area (Å²) in [7, 11) is 0. The molecule has 0 atom stereocenters. The fourth-order valence-electron chi connectivity index (χ4n) is 1.40. The van der Waals surface area contributed by atoms with Crippen LogP contribution in [0.1, 0.15) is 10.5 Å². The van der Waals surface area contributed by atoms with Gasteiger partial charge in [0.05, 0.1) is 5.69 Å². The molecule has 5 nitrogen and oxygen atoms in total. The Labute approximate surface area is 98.7 Å². The highest BCUT2D eigenvalue weighted by Crippen LogP contribution is 2.21. The second-order valence-corrected chi connectivity index (χ2v) is 3.41. The highest BCUT2D eigenvalue weighted by molar-refractivity contribution is 5.86. The lowest BCUT2D eigenvalue weighted by molar-refractivity contribution is 0.0690. The maximum absolute atomic E-state index is 13.5. The molecule has 0 amide bonds. The number of aromatic nitrogens is 2. The van der Waals surface area contributed by atoms with Crippen molar-refractivity contribution in [3.63, 3.8) is 0 Å². The molecular formula is C11H6F2N2O3. The highest BCUT2D eigenvalue weighted by Gasteiger charge is 2.12. The van der Waals surface area contributed by atoms with Crippen molar-refractivity contribution in [2.75, 3.05) is 0 Å². The number of carboxylic acid groups (broad SMARTS) is 1. The minimum atomic E-state index is -1.40. The minimum Gasteiger partial charge on any atom is -0.477 e. The number of benzene rings is 1. The van der Waals surface area contributed by atoms with Gasteiger partial charge in [0.15, 0.2) is 0 Å². The van der Waals surface area contributed by atoms with Gasteiger partial charge in [0.1, 0.15) is 17.3 Å². The van der Waals surface area contributed by atoms with Gasteiger partial charge in [-0.25, -0.2) is 18.4 Å². The number of aromatic amines is 1. The molecule has 0 fully saturated rings. The number of hydrogen-bond donors (Lipinski definition) is 2. The van der Waals surface area contributed by atoms with E-state index in [4.69, 9.17) is 5.11 Å². The van der Waals surface area contributed by atoms with Gasteiger partial charge < -0.3 is 5.11 Å². The largest absolute Gasteiger partial charge is 0.477 e. The minimum absolute atomic E-state index is 0.242. The molecular weight excluding hydrogens is 246 g/mol. The summed E-state index contributed by atoms with van der Waals surface area (Å²) in [6, 6.07) is 3.57. The standard InChI is InChI=1S/C11H6F2N2O3/c12-5-1-2-7(13)6(3-5)8-4-9(10(16)17)15-11(18)14-8/h1-4H,(H,16,17)(H,14,15,18). The molecule has 7 heteroatoms. The maximum Gasteiger partial charge on any atom is 0.352 e. The lowest BCUT2D eigenvalue weighted by Gasteiger charge is -2.03. The third-order valence-electron chi connectivity index (χ3n) is 2.18. The van der Waals surface area contributed by atoms with Gasteiger partial charge in [0.2, 0.25) is 0 Å². The van der Waals surface area contributed by atoms with Crippen molar-refractivity contribution in [1.82, 2.24) is 9.97 Å². The second-order valence-electron chi connectivity index (χ2n) is 3.41. The van der Waals surface area contributed by atoms with Crippen LogP contribution in [0.15, 0.2) is 29.1 Å². The van der Waals surface area contributed by atoms with E-state index in [1.165, 1.54) is 0 Å². The summed E-state index contributed by atoms with van der Waals surface area (Å²) in [4.78, 5) is 27.2. The number of nitrogens with zero attached hydrogens (tertiary/aromatic N) is 1. The molecule has 2 N–H and O–H groups in total. The first-order valence-corrected chi connectivity index (χ1v) is 4.77. The van der Waals surface area contributed by atoms with E-state index in [-0.39, 0.29) is 11.3 Å². The van der Waals surface area contributed by atoms with Crippen LogP contribution in [-0.4, -0.2) is 21.0 Å². The Morgan fingerprint density at radius 2 is 2.00 bits per heavy atom. The van der Waals surface area contributed by atoms with Crippen LogP contribution in [0, 0.1) is 11.6 Å². The summed E-state index contributed by atoms with van der Waals surface area (Å²) in [6.45, 7) is 0. The summed E-state index contributed by atoms with van der Waals surface area (Å²) >= 11 is 0. The van der Waals surface area contributed by atoms with Gasteiger partial charge in [-0.1, -0.05) is 0 Å². The Balaban J connectivity index is 2.67. The Morgan fingerprint density at radius 1 is 1.28 bits per heavy atom. The third-order valence-corrected chi connectivity index (χ3v) is 2.18. The molecule has 0 aliphatic rings. The van der Waals surface area contributed by atoms with Crippen LogP contribution in [-0.2, 0) is 0 Å². The van der Waals surface area contributed by atoms with E-state index < -0.39 is 29.0 Å². The van der Waals surface area contributed by atoms with E-state index in [9.17, 15) is 18.4 Å². The summed E-state index contributed by atoms with van der Waals surface area (Å²) in [5, 5.41) is 8.74. The van der Waals surface area contributed by atoms with Crippen LogP contribution in [0.2, 0.25) is 0 Å². The maximum atomic E-state index is 13.5. The van der Waals surface area contributed by atoms with Crippen LogP contribution >= 0.6 is 0 Å². The monoisotopic (exact) mass is 252 g/mol. The molecule has 0 unspecified atom stereocenters. The van der Waals surface area contributed by atoms with E-state index in [2.05, 4.69) is 4.98 Å². The Bertz CT molecular complexity index is 682. The van der Waals surface area contributed by atoms with Crippen molar-refractivity contribution >= 4 is 5.97 Å². The van der Waals surface area contributed by atoms with Crippen molar-refractivity contribution in [1.29, 1.82) is 0 Å². The number of hydrogen-bond acceptors (Lipinski definition) is 3. The predicted octanol–water partition coefficient (Wildman–Crippen LogP) is 1.41. The number of carbonyl (C=O) groups is 1. The zero-order valence-electron chi connectivity index (χ0n) is 8.78. The Kier molecular flexibility index (Phi) is 2.88. The van der Waals surface area contributed by atoms with Crippen LogP contribution in [0.4, 0.5) is 8.78 Å². The van der Waals surface area contributed by atoms with Gasteiger partial charge in [-0.15, -0.1) is 0 Å². The first-order valence-electron chi connectivity index (χ1n) is 4.77. The quantitative estimate of drug-likeness (QED) is 0.846. The van der Waals surface area contributed by atoms with Crippen molar-refractivity contribution in [3.05, 3.63) is 52.1 Å². The van der Waals surface area contributed by atoms with Gasteiger partial charge in [0.25, 0.3) is 0 Å². The number of rotatable bonds is 2. The zero-order chi connectivity index (χ0) is 13.3. The molecule has 0 bridgehead atoms. The summed E-state index contributed by atoms with van der Waals surface area (Å²) < 4.78 is 26.4. The molecule has 1 aromatic heterocycles. The summed E-state index contributed by atoms with van der Waals surface area (Å²) in [6.07, 6.45) is 0. The van der Waals surface area contributed by atoms with Gasteiger partial charge >= 0.3 is 11.7 Å². The van der Waals surface area contributed by atoms with Crippen molar-refractivity contribution in [2.24, 2.45) is 0 Å². The van der Waals surface area contributed by atoms with Gasteiger partial charge in [0, 0.05) is 5.56 Å². The molecule has 0 spiro atoms. The molecule has 0 aliphatic carbocycles. The molecule has 2 aromatic rings. The molecule has 92 valence electrons. The van der Waals surface area contributed by atoms with Crippen LogP contribution in [0.3, 0.4) is 0 Å². The van der Waals surface area contributed by atoms with E-state index in [0.717, 1.165) is 24.3 Å². The van der Waals surface area contributed by atoms with Crippen LogP contribution < -0.4 is 5.69 Å². The topological polar surface area (TPSA) is 83.0 Å². The lowest BCUT2D eigenvalue weighted by Crippen LogP contribution is -2.16. The first kappa shape index (κ1) is 11.9. The number of aromatic carboxylic acids is 1. The van der Waals surface area contributed by atoms with E-state index in [1.54, 1.807) is 0 Å². The number of nitrogens with one attached hydrogen (secondary N) is 1. The average Bonchev–Trinajstić information content (AvgIpc) is 2.31.